The molecule has 1 aromatic carbocycles. The van der Waals surface area contributed by atoms with E-state index in [0.29, 0.717) is 6.54 Å². The third-order valence-electron chi connectivity index (χ3n) is 2.59. The number of hydrogen-bond donors (Lipinski definition) is 2. The molecule has 18 heavy (non-hydrogen) atoms. The van der Waals surface area contributed by atoms with Crippen LogP contribution in [0.4, 0.5) is 4.39 Å². The maximum absolute atomic E-state index is 13.6. The minimum Gasteiger partial charge on any atom is -0.496 e. The van der Waals surface area contributed by atoms with Crippen molar-refractivity contribution in [2.75, 3.05) is 27.2 Å². The minimum atomic E-state index is -0.576. The molecule has 1 rings (SSSR count). The average molecular weight is 254 g/mol. The average Bonchev–Trinajstić information content (AvgIpc) is 2.36. The van der Waals surface area contributed by atoms with Crippen LogP contribution in [0.15, 0.2) is 18.2 Å². The molecular weight excluding hydrogens is 235 g/mol. The Morgan fingerprint density at radius 1 is 1.44 bits per heavy atom. The summed E-state index contributed by atoms with van der Waals surface area (Å²) in [5, 5.41) is 5.71. The van der Waals surface area contributed by atoms with Crippen LogP contribution in [0.1, 0.15) is 17.3 Å². The molecule has 1 unspecified atom stereocenters. The highest BCUT2D eigenvalue weighted by atomic mass is 19.1. The molecule has 0 aliphatic heterocycles. The number of carbonyl (C=O) groups excluding carboxylic acids is 1. The standard InChI is InChI=1S/C13H19FN2O2/c1-9(7-15-2)8-16-13(17)12-10(14)5-4-6-11(12)18-3/h4-6,9,15H,7-8H2,1-3H3,(H,16,17). The summed E-state index contributed by atoms with van der Waals surface area (Å²) >= 11 is 0. The first-order valence-corrected chi connectivity index (χ1v) is 5.85. The summed E-state index contributed by atoms with van der Waals surface area (Å²) in [5.41, 5.74) is -0.0448. The van der Waals surface area contributed by atoms with Gasteiger partial charge in [0.1, 0.15) is 17.1 Å². The molecule has 4 nitrogen and oxygen atoms in total. The fraction of sp³-hybridized carbons (Fsp3) is 0.462. The molecule has 0 aromatic heterocycles. The van der Waals surface area contributed by atoms with Crippen molar-refractivity contribution < 1.29 is 13.9 Å². The number of carbonyl (C=O) groups is 1. The number of rotatable bonds is 6. The van der Waals surface area contributed by atoms with Crippen molar-refractivity contribution in [1.29, 1.82) is 0 Å². The Morgan fingerprint density at radius 2 is 2.17 bits per heavy atom. The molecule has 0 aliphatic rings. The summed E-state index contributed by atoms with van der Waals surface area (Å²) in [4.78, 5) is 11.9. The number of hydrogen-bond acceptors (Lipinski definition) is 3. The molecule has 0 spiro atoms. The highest BCUT2D eigenvalue weighted by Gasteiger charge is 2.17. The van der Waals surface area contributed by atoms with Crippen molar-refractivity contribution in [3.05, 3.63) is 29.6 Å². The molecular formula is C13H19FN2O2. The second-order valence-corrected chi connectivity index (χ2v) is 4.19. The summed E-state index contributed by atoms with van der Waals surface area (Å²) in [6.07, 6.45) is 0. The van der Waals surface area contributed by atoms with Gasteiger partial charge in [-0.3, -0.25) is 4.79 Å². The Bertz CT molecular complexity index is 410. The second-order valence-electron chi connectivity index (χ2n) is 4.19. The van der Waals surface area contributed by atoms with Crippen LogP contribution in [-0.4, -0.2) is 33.2 Å². The molecule has 5 heteroatoms. The first kappa shape index (κ1) is 14.4. The molecule has 0 heterocycles. The number of methoxy groups -OCH3 is 1. The summed E-state index contributed by atoms with van der Waals surface area (Å²) < 4.78 is 18.6. The summed E-state index contributed by atoms with van der Waals surface area (Å²) in [6, 6.07) is 4.32. The van der Waals surface area contributed by atoms with E-state index in [1.807, 2.05) is 14.0 Å². The van der Waals surface area contributed by atoms with E-state index in [-0.39, 0.29) is 17.2 Å². The zero-order valence-corrected chi connectivity index (χ0v) is 10.9. The maximum Gasteiger partial charge on any atom is 0.258 e. The van der Waals surface area contributed by atoms with Crippen LogP contribution in [0.3, 0.4) is 0 Å². The third-order valence-corrected chi connectivity index (χ3v) is 2.59. The summed E-state index contributed by atoms with van der Waals surface area (Å²) in [6.45, 7) is 3.27. The monoisotopic (exact) mass is 254 g/mol. The highest BCUT2D eigenvalue weighted by Crippen LogP contribution is 2.20. The molecule has 0 radical (unpaired) electrons. The molecule has 100 valence electrons. The Labute approximate surface area is 107 Å². The van der Waals surface area contributed by atoms with E-state index >= 15 is 0 Å². The van der Waals surface area contributed by atoms with Gasteiger partial charge in [-0.1, -0.05) is 13.0 Å². The molecule has 0 saturated heterocycles. The van der Waals surface area contributed by atoms with Crippen molar-refractivity contribution in [2.24, 2.45) is 5.92 Å². The van der Waals surface area contributed by atoms with Crippen molar-refractivity contribution in [3.63, 3.8) is 0 Å². The van der Waals surface area contributed by atoms with Crippen LogP contribution in [-0.2, 0) is 0 Å². The Hall–Kier alpha value is -1.62. The minimum absolute atomic E-state index is 0.0448. The van der Waals surface area contributed by atoms with Crippen LogP contribution in [0.5, 0.6) is 5.75 Å². The third kappa shape index (κ3) is 3.70. The van der Waals surface area contributed by atoms with Gasteiger partial charge in [0.25, 0.3) is 5.91 Å². The molecule has 0 fully saturated rings. The first-order chi connectivity index (χ1) is 8.60. The fourth-order valence-electron chi connectivity index (χ4n) is 1.67. The molecule has 2 N–H and O–H groups in total. The lowest BCUT2D eigenvalue weighted by molar-refractivity contribution is 0.0941. The van der Waals surface area contributed by atoms with Crippen LogP contribution in [0, 0.1) is 11.7 Å². The number of amides is 1. The largest absolute Gasteiger partial charge is 0.496 e. The molecule has 1 atom stereocenters. The van der Waals surface area contributed by atoms with E-state index in [1.165, 1.54) is 19.2 Å². The smallest absolute Gasteiger partial charge is 0.258 e. The van der Waals surface area contributed by atoms with Gasteiger partial charge in [-0.25, -0.2) is 4.39 Å². The lowest BCUT2D eigenvalue weighted by Crippen LogP contribution is -2.32. The topological polar surface area (TPSA) is 50.4 Å². The van der Waals surface area contributed by atoms with Crippen LogP contribution < -0.4 is 15.4 Å². The molecule has 1 aromatic rings. The zero-order valence-electron chi connectivity index (χ0n) is 10.9. The maximum atomic E-state index is 13.6. The fourth-order valence-corrected chi connectivity index (χ4v) is 1.67. The van der Waals surface area contributed by atoms with E-state index in [0.717, 1.165) is 6.54 Å². The first-order valence-electron chi connectivity index (χ1n) is 5.85. The second kappa shape index (κ2) is 6.96. The van der Waals surface area contributed by atoms with Gasteiger partial charge in [-0.2, -0.15) is 0 Å². The number of ether oxygens (including phenoxy) is 1. The summed E-state index contributed by atoms with van der Waals surface area (Å²) in [5.74, 6) is -0.508. The lowest BCUT2D eigenvalue weighted by atomic mass is 10.1. The van der Waals surface area contributed by atoms with Crippen molar-refractivity contribution in [1.82, 2.24) is 10.6 Å². The Kier molecular flexibility index (Phi) is 5.58. The quantitative estimate of drug-likeness (QED) is 0.807. The normalized spacial score (nSPS) is 12.0. The van der Waals surface area contributed by atoms with E-state index < -0.39 is 11.7 Å². The van der Waals surface area contributed by atoms with Gasteiger partial charge in [0.15, 0.2) is 0 Å². The zero-order chi connectivity index (χ0) is 13.5. The van der Waals surface area contributed by atoms with Gasteiger partial charge in [0.2, 0.25) is 0 Å². The van der Waals surface area contributed by atoms with E-state index in [2.05, 4.69) is 10.6 Å². The lowest BCUT2D eigenvalue weighted by Gasteiger charge is -2.13. The number of benzene rings is 1. The van der Waals surface area contributed by atoms with E-state index in [9.17, 15) is 9.18 Å². The predicted octanol–water partition coefficient (Wildman–Crippen LogP) is 1.42. The molecule has 0 aliphatic carbocycles. The number of halogens is 1. The van der Waals surface area contributed by atoms with Crippen LogP contribution in [0.2, 0.25) is 0 Å². The molecule has 0 saturated carbocycles. The Morgan fingerprint density at radius 3 is 2.78 bits per heavy atom. The van der Waals surface area contributed by atoms with Crippen LogP contribution in [0.25, 0.3) is 0 Å². The van der Waals surface area contributed by atoms with Gasteiger partial charge in [-0.05, 0) is 31.6 Å². The number of nitrogens with one attached hydrogen (secondary N) is 2. The van der Waals surface area contributed by atoms with E-state index in [1.54, 1.807) is 6.07 Å². The summed E-state index contributed by atoms with van der Waals surface area (Å²) in [7, 11) is 3.26. The van der Waals surface area contributed by atoms with E-state index in [4.69, 9.17) is 4.74 Å². The van der Waals surface area contributed by atoms with Gasteiger partial charge >= 0.3 is 0 Å². The SMILES string of the molecule is CNCC(C)CNC(=O)c1c(F)cccc1OC. The molecule has 1 amide bonds. The highest BCUT2D eigenvalue weighted by molar-refractivity contribution is 5.97. The van der Waals surface area contributed by atoms with Gasteiger partial charge < -0.3 is 15.4 Å². The van der Waals surface area contributed by atoms with Gasteiger partial charge in [0.05, 0.1) is 7.11 Å². The predicted molar refractivity (Wildman–Crippen MR) is 68.4 cm³/mol. The van der Waals surface area contributed by atoms with Crippen molar-refractivity contribution in [2.45, 2.75) is 6.92 Å². The van der Waals surface area contributed by atoms with Gasteiger partial charge in [-0.15, -0.1) is 0 Å². The van der Waals surface area contributed by atoms with Crippen molar-refractivity contribution in [3.8, 4) is 5.75 Å². The Balaban J connectivity index is 2.72. The molecule has 0 bridgehead atoms. The van der Waals surface area contributed by atoms with Gasteiger partial charge in [0, 0.05) is 6.54 Å². The van der Waals surface area contributed by atoms with Crippen molar-refractivity contribution >= 4 is 5.91 Å². The van der Waals surface area contributed by atoms with Crippen LogP contribution >= 0.6 is 0 Å².